The number of hydrogen-bond donors (Lipinski definition) is 3. The van der Waals surface area contributed by atoms with Crippen LogP contribution in [-0.2, 0) is 4.74 Å². The van der Waals surface area contributed by atoms with Crippen molar-refractivity contribution in [2.24, 2.45) is 11.7 Å². The fourth-order valence-electron chi connectivity index (χ4n) is 5.38. The molecule has 0 radical (unpaired) electrons. The number of nitrogens with one attached hydrogen (secondary N) is 1. The lowest BCUT2D eigenvalue weighted by Crippen LogP contribution is -2.31. The molecule has 1 saturated heterocycles. The Balaban J connectivity index is 1.46. The van der Waals surface area contributed by atoms with Crippen LogP contribution in [-0.4, -0.2) is 35.1 Å². The van der Waals surface area contributed by atoms with Crippen LogP contribution in [0.4, 0.5) is 20.2 Å². The van der Waals surface area contributed by atoms with Crippen LogP contribution in [0.5, 0.6) is 0 Å². The highest BCUT2D eigenvalue weighted by molar-refractivity contribution is 7.28. The second kappa shape index (κ2) is 10.4. The molecule has 1 aromatic carbocycles. The smallest absolute Gasteiger partial charge is 0.276 e. The molecule has 7 nitrogen and oxygen atoms in total. The summed E-state index contributed by atoms with van der Waals surface area (Å²) in [5.74, 6) is -1.35. The Morgan fingerprint density at radius 3 is 2.59 bits per heavy atom. The number of benzene rings is 1. The van der Waals surface area contributed by atoms with E-state index in [1.165, 1.54) is 6.07 Å². The van der Waals surface area contributed by atoms with Crippen LogP contribution in [0.15, 0.2) is 36.7 Å². The van der Waals surface area contributed by atoms with E-state index in [2.05, 4.69) is 31.4 Å². The van der Waals surface area contributed by atoms with Crippen molar-refractivity contribution in [3.05, 3.63) is 65.1 Å². The van der Waals surface area contributed by atoms with Crippen molar-refractivity contribution >= 4 is 31.8 Å². The summed E-state index contributed by atoms with van der Waals surface area (Å²) in [5.41, 5.74) is 13.8. The van der Waals surface area contributed by atoms with Crippen molar-refractivity contribution in [2.45, 2.75) is 44.1 Å². The van der Waals surface area contributed by atoms with Gasteiger partial charge >= 0.3 is 0 Å². The molecule has 10 heteroatoms. The predicted octanol–water partition coefficient (Wildman–Crippen LogP) is 4.10. The first-order valence-electron chi connectivity index (χ1n) is 12.3. The van der Waals surface area contributed by atoms with Gasteiger partial charge in [-0.25, -0.2) is 13.8 Å². The molecule has 1 unspecified atom stereocenters. The van der Waals surface area contributed by atoms with Crippen LogP contribution < -0.4 is 22.1 Å². The van der Waals surface area contributed by atoms with E-state index < -0.39 is 17.5 Å². The first-order chi connectivity index (χ1) is 17.7. The number of anilines is 2. The molecule has 2 aromatic heterocycles. The average molecular weight is 526 g/mol. The van der Waals surface area contributed by atoms with Gasteiger partial charge in [-0.15, -0.1) is 9.24 Å². The third kappa shape index (κ3) is 5.21. The van der Waals surface area contributed by atoms with Gasteiger partial charge in [-0.2, -0.15) is 0 Å². The first-order valence-corrected chi connectivity index (χ1v) is 12.9. The van der Waals surface area contributed by atoms with E-state index in [-0.39, 0.29) is 40.5 Å². The highest BCUT2D eigenvalue weighted by atomic mass is 31.0. The molecule has 1 saturated carbocycles. The Labute approximate surface area is 216 Å². The lowest BCUT2D eigenvalue weighted by Gasteiger charge is -2.32. The van der Waals surface area contributed by atoms with E-state index in [9.17, 15) is 9.18 Å². The molecule has 1 amide bonds. The number of amides is 1. The molecule has 5 N–H and O–H groups in total. The maximum Gasteiger partial charge on any atom is 0.276 e. The second-order valence-electron chi connectivity index (χ2n) is 10.1. The molecule has 0 bridgehead atoms. The van der Waals surface area contributed by atoms with E-state index in [4.69, 9.17) is 16.2 Å². The van der Waals surface area contributed by atoms with Gasteiger partial charge in [-0.3, -0.25) is 9.78 Å². The van der Waals surface area contributed by atoms with Crippen molar-refractivity contribution < 1.29 is 18.3 Å². The summed E-state index contributed by atoms with van der Waals surface area (Å²) in [5, 5.41) is 3.27. The summed E-state index contributed by atoms with van der Waals surface area (Å²) in [7, 11) is 2.43. The van der Waals surface area contributed by atoms with Gasteiger partial charge in [0.15, 0.2) is 11.5 Å². The number of halogens is 2. The molecular formula is C27H30F2N5O2P. The largest absolute Gasteiger partial charge is 0.397 e. The minimum Gasteiger partial charge on any atom is -0.397 e. The van der Waals surface area contributed by atoms with Crippen molar-refractivity contribution in [2.75, 3.05) is 24.3 Å². The zero-order valence-electron chi connectivity index (χ0n) is 20.5. The lowest BCUT2D eigenvalue weighted by molar-refractivity contribution is 0.00836. The van der Waals surface area contributed by atoms with Gasteiger partial charge in [0.2, 0.25) is 0 Å². The number of carbonyl (C=O) groups is 1. The number of nitrogens with zero attached hydrogens (tertiary/aromatic N) is 2. The molecule has 4 atom stereocenters. The number of hydrogen-bond acceptors (Lipinski definition) is 6. The van der Waals surface area contributed by atoms with Gasteiger partial charge in [-0.1, -0.05) is 13.0 Å². The molecule has 2 fully saturated rings. The van der Waals surface area contributed by atoms with Crippen molar-refractivity contribution in [3.8, 4) is 11.3 Å². The molecule has 5 rings (SSSR count). The Kier molecular flexibility index (Phi) is 7.21. The average Bonchev–Trinajstić information content (AvgIpc) is 2.78. The summed E-state index contributed by atoms with van der Waals surface area (Å²) in [6.07, 6.45) is 5.97. The topological polar surface area (TPSA) is 116 Å². The third-order valence-electron chi connectivity index (χ3n) is 7.23. The summed E-state index contributed by atoms with van der Waals surface area (Å²) in [6.45, 7) is 3.20. The van der Waals surface area contributed by atoms with E-state index >= 15 is 4.39 Å². The molecule has 37 heavy (non-hydrogen) atoms. The highest BCUT2D eigenvalue weighted by Crippen LogP contribution is 2.38. The predicted molar refractivity (Wildman–Crippen MR) is 143 cm³/mol. The number of carbonyl (C=O) groups excluding carboxylic acids is 1. The highest BCUT2D eigenvalue weighted by Gasteiger charge is 2.29. The molecule has 1 aliphatic heterocycles. The zero-order valence-corrected chi connectivity index (χ0v) is 21.7. The Morgan fingerprint density at radius 1 is 1.14 bits per heavy atom. The molecular weight excluding hydrogens is 495 g/mol. The number of aromatic nitrogens is 2. The summed E-state index contributed by atoms with van der Waals surface area (Å²) >= 11 is 0. The lowest BCUT2D eigenvalue weighted by atomic mass is 9.76. The molecule has 3 aromatic rings. The maximum absolute atomic E-state index is 15.2. The van der Waals surface area contributed by atoms with Gasteiger partial charge < -0.3 is 21.5 Å². The summed E-state index contributed by atoms with van der Waals surface area (Å²) in [4.78, 5) is 21.7. The molecule has 2 aliphatic rings. The van der Waals surface area contributed by atoms with Crippen LogP contribution in [0.1, 0.15) is 59.6 Å². The van der Waals surface area contributed by atoms with Crippen molar-refractivity contribution in [3.63, 3.8) is 0 Å². The Morgan fingerprint density at radius 2 is 1.92 bits per heavy atom. The first kappa shape index (κ1) is 25.6. The molecule has 1 aliphatic carbocycles. The van der Waals surface area contributed by atoms with Gasteiger partial charge in [0.05, 0.1) is 30.8 Å². The van der Waals surface area contributed by atoms with Gasteiger partial charge in [0.25, 0.3) is 5.91 Å². The standard InChI is InChI=1S/C27H30F2N5O2P/c1-13-4-15(6-17(30)5-13)18-2-3-32-10-22(18)33-27(35)26-21(31)9-20(29)25(34-26)24-19(28)7-14(8-23(24)37)16-11-36-12-16/h2-3,7-10,13,15-17H,4-6,11-12,30-31,37H2,1H3,(H,33,35)/t13-,15+,17-/m0/s1. The fraction of sp³-hybridized carbons (Fsp3) is 0.370. The normalized spacial score (nSPS) is 21.9. The van der Waals surface area contributed by atoms with Crippen LogP contribution in [0.2, 0.25) is 0 Å². The fourth-order valence-corrected chi connectivity index (χ4v) is 5.85. The minimum atomic E-state index is -0.816. The van der Waals surface area contributed by atoms with Crippen LogP contribution in [0.25, 0.3) is 11.3 Å². The summed E-state index contributed by atoms with van der Waals surface area (Å²) < 4.78 is 35.4. The van der Waals surface area contributed by atoms with E-state index in [0.717, 1.165) is 36.5 Å². The second-order valence-corrected chi connectivity index (χ2v) is 10.8. The number of nitrogen functional groups attached to an aromatic ring is 1. The number of nitrogens with two attached hydrogens (primary N) is 2. The van der Waals surface area contributed by atoms with Crippen LogP contribution >= 0.6 is 9.24 Å². The van der Waals surface area contributed by atoms with Crippen LogP contribution in [0.3, 0.4) is 0 Å². The van der Waals surface area contributed by atoms with Crippen molar-refractivity contribution in [1.82, 2.24) is 9.97 Å². The van der Waals surface area contributed by atoms with E-state index in [0.29, 0.717) is 30.1 Å². The van der Waals surface area contributed by atoms with Gasteiger partial charge in [-0.05, 0) is 59.7 Å². The Hall–Kier alpha value is -3.00. The number of ether oxygens (including phenoxy) is 1. The van der Waals surface area contributed by atoms with Gasteiger partial charge in [0, 0.05) is 29.8 Å². The van der Waals surface area contributed by atoms with E-state index in [1.54, 1.807) is 18.5 Å². The zero-order chi connectivity index (χ0) is 26.3. The molecule has 194 valence electrons. The monoisotopic (exact) mass is 525 g/mol. The maximum atomic E-state index is 15.2. The SMILES string of the molecule is C[C@@H]1C[C@H](N)C[C@H](c2ccncc2NC(=O)c2nc(-c3c(F)cc(C4COC4)cc3P)c(F)cc2N)C1. The molecule has 3 heterocycles. The van der Waals surface area contributed by atoms with Crippen molar-refractivity contribution in [1.29, 1.82) is 0 Å². The third-order valence-corrected chi connectivity index (χ3v) is 7.69. The van der Waals surface area contributed by atoms with E-state index in [1.807, 2.05) is 6.07 Å². The summed E-state index contributed by atoms with van der Waals surface area (Å²) in [6, 6.07) is 6.10. The van der Waals surface area contributed by atoms with Gasteiger partial charge in [0.1, 0.15) is 11.5 Å². The Bertz CT molecular complexity index is 1320. The quantitative estimate of drug-likeness (QED) is 0.432. The molecule has 0 spiro atoms. The minimum absolute atomic E-state index is 0.0345. The number of pyridine rings is 2. The number of rotatable bonds is 5. The van der Waals surface area contributed by atoms with Crippen LogP contribution in [0, 0.1) is 17.6 Å².